The minimum atomic E-state index is -3.09. The Morgan fingerprint density at radius 2 is 1.86 bits per heavy atom. The van der Waals surface area contributed by atoms with Crippen LogP contribution in [0.5, 0.6) is 11.6 Å². The van der Waals surface area contributed by atoms with Crippen molar-refractivity contribution in [2.75, 3.05) is 13.7 Å². The fourth-order valence-corrected chi connectivity index (χ4v) is 4.65. The van der Waals surface area contributed by atoms with E-state index < -0.39 is 18.1 Å². The summed E-state index contributed by atoms with van der Waals surface area (Å²) in [5, 5.41) is 17.3. The lowest BCUT2D eigenvalue weighted by molar-refractivity contribution is -0.0235. The molecule has 0 aliphatic carbocycles. The molecule has 3 heterocycles. The van der Waals surface area contributed by atoms with Crippen molar-refractivity contribution in [3.8, 4) is 11.6 Å². The van der Waals surface area contributed by atoms with Crippen LogP contribution < -0.4 is 9.47 Å². The monoisotopic (exact) mass is 519 g/mol. The quantitative estimate of drug-likeness (QED) is 0.384. The first-order valence-electron chi connectivity index (χ1n) is 11.2. The number of aryl methyl sites for hydroxylation is 4. The molecule has 3 aromatic heterocycles. The summed E-state index contributed by atoms with van der Waals surface area (Å²) in [5.41, 5.74) is 1.71. The highest BCUT2D eigenvalue weighted by molar-refractivity contribution is 6.37. The zero-order valence-corrected chi connectivity index (χ0v) is 21.9. The molecule has 1 aromatic carbocycles. The average molecular weight is 520 g/mol. The van der Waals surface area contributed by atoms with Gasteiger partial charge in [-0.05, 0) is 38.0 Å². The normalized spacial score (nSPS) is 13.8. The number of imidazole rings is 1. The van der Waals surface area contributed by atoms with Crippen molar-refractivity contribution in [1.82, 2.24) is 24.3 Å². The van der Waals surface area contributed by atoms with E-state index in [0.717, 1.165) is 6.92 Å². The second-order valence-electron chi connectivity index (χ2n) is 9.07. The van der Waals surface area contributed by atoms with Crippen molar-refractivity contribution < 1.29 is 23.4 Å². The number of ether oxygens (including phenoxy) is 2. The highest BCUT2D eigenvalue weighted by Crippen LogP contribution is 2.44. The van der Waals surface area contributed by atoms with Gasteiger partial charge in [-0.15, -0.1) is 0 Å². The molecule has 0 spiro atoms. The van der Waals surface area contributed by atoms with Crippen LogP contribution in [0.25, 0.3) is 10.9 Å². The van der Waals surface area contributed by atoms with Crippen molar-refractivity contribution in [1.29, 1.82) is 0 Å². The summed E-state index contributed by atoms with van der Waals surface area (Å²) in [5.74, 6) is -2.48. The Kier molecular flexibility index (Phi) is 6.47. The van der Waals surface area contributed by atoms with Crippen LogP contribution in [0.1, 0.15) is 40.8 Å². The van der Waals surface area contributed by atoms with Gasteiger partial charge in [0.25, 0.3) is 11.8 Å². The standard InChI is InChI=1S/C25H28ClF2N5O3/c1-13-8-16(9-17-20(26)22(36-12-24(4,27)28)23(35-7)30-21(13)17)25(34,18-11-32(5)31-14(18)2)19-10-29-15(3)33(19)6/h8-11,34H,12H2,1-7H3. The van der Waals surface area contributed by atoms with Gasteiger partial charge in [0.15, 0.2) is 12.2 Å². The van der Waals surface area contributed by atoms with E-state index in [-0.39, 0.29) is 16.7 Å². The number of aromatic nitrogens is 5. The van der Waals surface area contributed by atoms with Gasteiger partial charge in [0.05, 0.1) is 35.2 Å². The largest absolute Gasteiger partial charge is 0.480 e. The van der Waals surface area contributed by atoms with Gasteiger partial charge in [-0.2, -0.15) is 5.10 Å². The lowest BCUT2D eigenvalue weighted by Crippen LogP contribution is -2.32. The summed E-state index contributed by atoms with van der Waals surface area (Å²) in [6.45, 7) is 5.32. The number of pyridine rings is 1. The molecule has 8 nitrogen and oxygen atoms in total. The highest BCUT2D eigenvalue weighted by atomic mass is 35.5. The molecule has 1 atom stereocenters. The van der Waals surface area contributed by atoms with Crippen molar-refractivity contribution >= 4 is 22.5 Å². The molecule has 36 heavy (non-hydrogen) atoms. The third-order valence-corrected chi connectivity index (χ3v) is 6.59. The maximum absolute atomic E-state index is 13.6. The fourth-order valence-electron chi connectivity index (χ4n) is 4.37. The molecule has 4 aromatic rings. The highest BCUT2D eigenvalue weighted by Gasteiger charge is 2.40. The van der Waals surface area contributed by atoms with Crippen LogP contribution in [0.3, 0.4) is 0 Å². The van der Waals surface area contributed by atoms with Gasteiger partial charge in [0.1, 0.15) is 5.82 Å². The maximum atomic E-state index is 13.6. The number of halogens is 3. The lowest BCUT2D eigenvalue weighted by atomic mass is 9.82. The molecule has 192 valence electrons. The second-order valence-corrected chi connectivity index (χ2v) is 9.45. The minimum Gasteiger partial charge on any atom is -0.480 e. The van der Waals surface area contributed by atoms with Gasteiger partial charge in [-0.1, -0.05) is 17.7 Å². The van der Waals surface area contributed by atoms with Crippen LogP contribution in [-0.4, -0.2) is 49.1 Å². The number of rotatable bonds is 7. The van der Waals surface area contributed by atoms with Crippen LogP contribution >= 0.6 is 11.6 Å². The molecular formula is C25H28ClF2N5O3. The molecule has 0 saturated heterocycles. The van der Waals surface area contributed by atoms with Gasteiger partial charge in [-0.25, -0.2) is 18.7 Å². The van der Waals surface area contributed by atoms with E-state index in [9.17, 15) is 13.9 Å². The van der Waals surface area contributed by atoms with Crippen molar-refractivity contribution in [3.05, 3.63) is 63.5 Å². The van der Waals surface area contributed by atoms with E-state index in [0.29, 0.717) is 44.8 Å². The minimum absolute atomic E-state index is 0.00627. The predicted molar refractivity (Wildman–Crippen MR) is 132 cm³/mol. The van der Waals surface area contributed by atoms with E-state index in [1.165, 1.54) is 7.11 Å². The number of nitrogens with zero attached hydrogens (tertiary/aromatic N) is 5. The van der Waals surface area contributed by atoms with Crippen molar-refractivity contribution in [2.45, 2.75) is 39.2 Å². The SMILES string of the molecule is COc1nc2c(C)cc(C(O)(c3cn(C)nc3C)c3cnc(C)n3C)cc2c(Cl)c1OCC(C)(F)F. The molecule has 0 aliphatic heterocycles. The number of methoxy groups -OCH3 is 1. The third-order valence-electron chi connectivity index (χ3n) is 6.22. The van der Waals surface area contributed by atoms with Crippen molar-refractivity contribution in [3.63, 3.8) is 0 Å². The van der Waals surface area contributed by atoms with Crippen molar-refractivity contribution in [2.24, 2.45) is 14.1 Å². The number of fused-ring (bicyclic) bond motifs is 1. The van der Waals surface area contributed by atoms with Gasteiger partial charge in [-0.3, -0.25) is 4.68 Å². The maximum Gasteiger partial charge on any atom is 0.278 e. The molecule has 0 fully saturated rings. The number of hydrogen-bond acceptors (Lipinski definition) is 6. The lowest BCUT2D eigenvalue weighted by Gasteiger charge is -2.30. The zero-order chi connectivity index (χ0) is 26.6. The van der Waals surface area contributed by atoms with Gasteiger partial charge in [0.2, 0.25) is 5.75 Å². The van der Waals surface area contributed by atoms with Crippen LogP contribution in [-0.2, 0) is 19.7 Å². The van der Waals surface area contributed by atoms with E-state index in [1.54, 1.807) is 40.8 Å². The summed E-state index contributed by atoms with van der Waals surface area (Å²) in [6.07, 6.45) is 3.37. The Labute approximate surface area is 212 Å². The Hall–Kier alpha value is -3.24. The molecule has 4 rings (SSSR count). The third kappa shape index (κ3) is 4.28. The first kappa shape index (κ1) is 25.8. The van der Waals surface area contributed by atoms with Gasteiger partial charge < -0.3 is 19.1 Å². The predicted octanol–water partition coefficient (Wildman–Crippen LogP) is 4.61. The zero-order valence-electron chi connectivity index (χ0n) is 21.2. The topological polar surface area (TPSA) is 87.2 Å². The molecule has 0 amide bonds. The summed E-state index contributed by atoms with van der Waals surface area (Å²) >= 11 is 6.71. The summed E-state index contributed by atoms with van der Waals surface area (Å²) in [6, 6.07) is 3.49. The molecule has 0 saturated carbocycles. The molecule has 1 N–H and O–H groups in total. The molecular weight excluding hydrogens is 492 g/mol. The number of aliphatic hydroxyl groups is 1. The number of benzene rings is 1. The van der Waals surface area contributed by atoms with Gasteiger partial charge >= 0.3 is 0 Å². The number of hydrogen-bond donors (Lipinski definition) is 1. The molecule has 1 unspecified atom stereocenters. The van der Waals surface area contributed by atoms with Crippen LogP contribution in [0, 0.1) is 20.8 Å². The molecule has 0 bridgehead atoms. The van der Waals surface area contributed by atoms with Gasteiger partial charge in [0, 0.05) is 38.2 Å². The average Bonchev–Trinajstić information content (AvgIpc) is 3.32. The van der Waals surface area contributed by atoms with Crippen LogP contribution in [0.15, 0.2) is 24.5 Å². The Morgan fingerprint density at radius 3 is 2.39 bits per heavy atom. The molecule has 0 aliphatic rings. The Bertz CT molecular complexity index is 1460. The summed E-state index contributed by atoms with van der Waals surface area (Å²) in [4.78, 5) is 8.86. The smallest absolute Gasteiger partial charge is 0.278 e. The van der Waals surface area contributed by atoms with Crippen LogP contribution in [0.4, 0.5) is 8.78 Å². The summed E-state index contributed by atoms with van der Waals surface area (Å²) in [7, 11) is 4.95. The Morgan fingerprint density at radius 1 is 1.17 bits per heavy atom. The number of alkyl halides is 2. The Balaban J connectivity index is 2.03. The first-order chi connectivity index (χ1) is 16.8. The van der Waals surface area contributed by atoms with E-state index in [4.69, 9.17) is 21.1 Å². The first-order valence-corrected chi connectivity index (χ1v) is 11.6. The van der Waals surface area contributed by atoms with Crippen LogP contribution in [0.2, 0.25) is 5.02 Å². The fraction of sp³-hybridized carbons (Fsp3) is 0.400. The second kappa shape index (κ2) is 9.01. The van der Waals surface area contributed by atoms with E-state index >= 15 is 0 Å². The molecule has 0 radical (unpaired) electrons. The summed E-state index contributed by atoms with van der Waals surface area (Å²) < 4.78 is 41.2. The van der Waals surface area contributed by atoms with E-state index in [2.05, 4.69) is 15.1 Å². The van der Waals surface area contributed by atoms with E-state index in [1.807, 2.05) is 27.8 Å². The molecule has 11 heteroatoms.